The second kappa shape index (κ2) is 6.14. The summed E-state index contributed by atoms with van der Waals surface area (Å²) in [5, 5.41) is 4.98. The number of carbonyl (C=O) groups is 2. The zero-order chi connectivity index (χ0) is 14.5. The molecule has 0 bridgehead atoms. The molecule has 3 amide bonds. The van der Waals surface area contributed by atoms with E-state index in [0.29, 0.717) is 30.4 Å². The van der Waals surface area contributed by atoms with Crippen molar-refractivity contribution in [1.82, 2.24) is 5.32 Å². The summed E-state index contributed by atoms with van der Waals surface area (Å²) >= 11 is 0. The molecule has 4 N–H and O–H groups in total. The lowest BCUT2D eigenvalue weighted by Gasteiger charge is -2.15. The molecule has 0 spiro atoms. The van der Waals surface area contributed by atoms with E-state index in [1.165, 1.54) is 0 Å². The molecule has 7 nitrogen and oxygen atoms in total. The van der Waals surface area contributed by atoms with E-state index in [9.17, 15) is 9.59 Å². The predicted octanol–water partition coefficient (Wildman–Crippen LogP) is 0.843. The van der Waals surface area contributed by atoms with Crippen molar-refractivity contribution in [3.63, 3.8) is 0 Å². The molecule has 1 aromatic carbocycles. The maximum Gasteiger partial charge on any atom is 0.318 e. The Kier molecular flexibility index (Phi) is 4.29. The topological polar surface area (TPSA) is 103 Å². The van der Waals surface area contributed by atoms with Gasteiger partial charge in [0, 0.05) is 18.2 Å². The minimum Gasteiger partial charge on any atom is -0.490 e. The first kappa shape index (κ1) is 14.0. The van der Waals surface area contributed by atoms with Crippen molar-refractivity contribution in [2.45, 2.75) is 19.4 Å². The van der Waals surface area contributed by atoms with Crippen LogP contribution in [0.3, 0.4) is 0 Å². The maximum absolute atomic E-state index is 11.6. The number of nitrogens with two attached hydrogens (primary N) is 1. The third kappa shape index (κ3) is 3.53. The molecule has 0 fully saturated rings. The van der Waals surface area contributed by atoms with Gasteiger partial charge < -0.3 is 20.5 Å². The van der Waals surface area contributed by atoms with Crippen LogP contribution in [-0.4, -0.2) is 31.2 Å². The van der Waals surface area contributed by atoms with Gasteiger partial charge in [0.1, 0.15) is 6.04 Å². The lowest BCUT2D eigenvalue weighted by Crippen LogP contribution is -2.43. The van der Waals surface area contributed by atoms with Gasteiger partial charge in [-0.05, 0) is 19.1 Å². The highest BCUT2D eigenvalue weighted by atomic mass is 16.5. The van der Waals surface area contributed by atoms with Crippen molar-refractivity contribution in [3.05, 3.63) is 18.2 Å². The lowest BCUT2D eigenvalue weighted by molar-refractivity contribution is -0.120. The zero-order valence-corrected chi connectivity index (χ0v) is 11.1. The van der Waals surface area contributed by atoms with Gasteiger partial charge in [0.15, 0.2) is 11.5 Å². The number of benzene rings is 1. The van der Waals surface area contributed by atoms with E-state index < -0.39 is 18.0 Å². The highest BCUT2D eigenvalue weighted by Crippen LogP contribution is 2.32. The van der Waals surface area contributed by atoms with Crippen LogP contribution in [0.2, 0.25) is 0 Å². The maximum atomic E-state index is 11.6. The molecule has 20 heavy (non-hydrogen) atoms. The number of rotatable bonds is 3. The van der Waals surface area contributed by atoms with Crippen LogP contribution >= 0.6 is 0 Å². The Morgan fingerprint density at radius 1 is 1.25 bits per heavy atom. The number of hydrogen-bond donors (Lipinski definition) is 3. The molecule has 1 aromatic rings. The third-order valence-electron chi connectivity index (χ3n) is 2.77. The quantitative estimate of drug-likeness (QED) is 0.761. The molecule has 1 atom stereocenters. The van der Waals surface area contributed by atoms with E-state index in [0.717, 1.165) is 6.42 Å². The van der Waals surface area contributed by atoms with E-state index in [4.69, 9.17) is 15.2 Å². The summed E-state index contributed by atoms with van der Waals surface area (Å²) < 4.78 is 11.1. The number of amides is 3. The third-order valence-corrected chi connectivity index (χ3v) is 2.77. The number of imide groups is 1. The first-order valence-corrected chi connectivity index (χ1v) is 6.33. The van der Waals surface area contributed by atoms with Crippen molar-refractivity contribution in [2.75, 3.05) is 18.5 Å². The van der Waals surface area contributed by atoms with Gasteiger partial charge in [-0.25, -0.2) is 4.79 Å². The van der Waals surface area contributed by atoms with Crippen LogP contribution < -0.4 is 25.8 Å². The molecule has 1 aliphatic heterocycles. The Hall–Kier alpha value is -2.44. The zero-order valence-electron chi connectivity index (χ0n) is 11.1. The normalized spacial score (nSPS) is 14.8. The first-order chi connectivity index (χ1) is 9.56. The molecule has 1 heterocycles. The van der Waals surface area contributed by atoms with Crippen LogP contribution in [0.25, 0.3) is 0 Å². The first-order valence-electron chi connectivity index (χ1n) is 6.33. The van der Waals surface area contributed by atoms with Gasteiger partial charge in [-0.15, -0.1) is 0 Å². The van der Waals surface area contributed by atoms with Gasteiger partial charge in [0.2, 0.25) is 5.91 Å². The summed E-state index contributed by atoms with van der Waals surface area (Å²) in [5.74, 6) is 0.821. The molecule has 2 rings (SSSR count). The van der Waals surface area contributed by atoms with Gasteiger partial charge in [0.05, 0.1) is 13.2 Å². The average Bonchev–Trinajstić information content (AvgIpc) is 2.62. The number of hydrogen-bond acceptors (Lipinski definition) is 5. The second-order valence-electron chi connectivity index (χ2n) is 4.43. The number of nitrogens with one attached hydrogen (secondary N) is 2. The van der Waals surface area contributed by atoms with E-state index in [1.807, 2.05) is 5.32 Å². The van der Waals surface area contributed by atoms with Crippen LogP contribution in [-0.2, 0) is 4.79 Å². The van der Waals surface area contributed by atoms with Crippen LogP contribution in [0.5, 0.6) is 11.5 Å². The van der Waals surface area contributed by atoms with Gasteiger partial charge in [0.25, 0.3) is 0 Å². The number of carbonyl (C=O) groups excluding carboxylic acids is 2. The standard InChI is InChI=1S/C13H17N3O4/c1-8(12(17)16-13(14)18)15-9-3-4-10-11(7-9)20-6-2-5-19-10/h3-4,7-8,15H,2,5-6H2,1H3,(H3,14,16,17,18). The van der Waals surface area contributed by atoms with Gasteiger partial charge in [-0.1, -0.05) is 0 Å². The second-order valence-corrected chi connectivity index (χ2v) is 4.43. The molecule has 1 aliphatic rings. The fraction of sp³-hybridized carbons (Fsp3) is 0.385. The Labute approximate surface area is 116 Å². The van der Waals surface area contributed by atoms with E-state index in [1.54, 1.807) is 25.1 Å². The van der Waals surface area contributed by atoms with Gasteiger partial charge >= 0.3 is 6.03 Å². The molecule has 0 saturated carbocycles. The average molecular weight is 279 g/mol. The van der Waals surface area contributed by atoms with Crippen molar-refractivity contribution >= 4 is 17.6 Å². The van der Waals surface area contributed by atoms with Crippen molar-refractivity contribution < 1.29 is 19.1 Å². The number of fused-ring (bicyclic) bond motifs is 1. The smallest absolute Gasteiger partial charge is 0.318 e. The van der Waals surface area contributed by atoms with Crippen LogP contribution in [0, 0.1) is 0 Å². The molecule has 0 radical (unpaired) electrons. The van der Waals surface area contributed by atoms with Crippen molar-refractivity contribution in [3.8, 4) is 11.5 Å². The summed E-state index contributed by atoms with van der Waals surface area (Å²) in [6, 6.07) is 3.84. The minimum atomic E-state index is -0.873. The summed E-state index contributed by atoms with van der Waals surface area (Å²) in [4.78, 5) is 22.2. The Balaban J connectivity index is 2.04. The van der Waals surface area contributed by atoms with Crippen molar-refractivity contribution in [2.24, 2.45) is 5.73 Å². The van der Waals surface area contributed by atoms with Crippen LogP contribution in [0.1, 0.15) is 13.3 Å². The van der Waals surface area contributed by atoms with E-state index in [-0.39, 0.29) is 0 Å². The SMILES string of the molecule is CC(Nc1ccc2c(c1)OCCCO2)C(=O)NC(N)=O. The highest BCUT2D eigenvalue weighted by molar-refractivity contribution is 5.97. The summed E-state index contributed by atoms with van der Waals surface area (Å²) in [6.07, 6.45) is 0.828. The van der Waals surface area contributed by atoms with E-state index in [2.05, 4.69) is 5.32 Å². The monoisotopic (exact) mass is 279 g/mol. The summed E-state index contributed by atoms with van der Waals surface area (Å²) in [5.41, 5.74) is 5.59. The molecule has 0 saturated heterocycles. The minimum absolute atomic E-state index is 0.496. The Bertz CT molecular complexity index is 518. The Morgan fingerprint density at radius 3 is 2.65 bits per heavy atom. The highest BCUT2D eigenvalue weighted by Gasteiger charge is 2.16. The molecular formula is C13H17N3O4. The van der Waals surface area contributed by atoms with Crippen LogP contribution in [0.15, 0.2) is 18.2 Å². The van der Waals surface area contributed by atoms with Crippen LogP contribution in [0.4, 0.5) is 10.5 Å². The molecule has 0 aromatic heterocycles. The number of anilines is 1. The van der Waals surface area contributed by atoms with E-state index >= 15 is 0 Å². The summed E-state index contributed by atoms with van der Waals surface area (Å²) in [6.45, 7) is 2.84. The molecule has 7 heteroatoms. The molecule has 0 aliphatic carbocycles. The summed E-state index contributed by atoms with van der Waals surface area (Å²) in [7, 11) is 0. The Morgan fingerprint density at radius 2 is 1.95 bits per heavy atom. The number of primary amides is 1. The lowest BCUT2D eigenvalue weighted by atomic mass is 10.2. The molecule has 1 unspecified atom stereocenters. The fourth-order valence-corrected chi connectivity index (χ4v) is 1.80. The number of urea groups is 1. The van der Waals surface area contributed by atoms with Gasteiger partial charge in [-0.2, -0.15) is 0 Å². The fourth-order valence-electron chi connectivity index (χ4n) is 1.80. The van der Waals surface area contributed by atoms with Gasteiger partial charge in [-0.3, -0.25) is 10.1 Å². The van der Waals surface area contributed by atoms with Crippen molar-refractivity contribution in [1.29, 1.82) is 0 Å². The predicted molar refractivity (Wildman–Crippen MR) is 72.9 cm³/mol. The molecule has 108 valence electrons. The number of ether oxygens (including phenoxy) is 2. The largest absolute Gasteiger partial charge is 0.490 e. The molecular weight excluding hydrogens is 262 g/mol.